The van der Waals surface area contributed by atoms with Crippen LogP contribution in [0.1, 0.15) is 11.1 Å². The quantitative estimate of drug-likeness (QED) is 0.803. The lowest BCUT2D eigenvalue weighted by Gasteiger charge is -2.10. The van der Waals surface area contributed by atoms with Gasteiger partial charge >= 0.3 is 0 Å². The lowest BCUT2D eigenvalue weighted by Crippen LogP contribution is -2.13. The first kappa shape index (κ1) is 15.2. The van der Waals surface area contributed by atoms with Crippen molar-refractivity contribution in [2.24, 2.45) is 5.73 Å². The van der Waals surface area contributed by atoms with E-state index >= 15 is 0 Å². The van der Waals surface area contributed by atoms with Crippen LogP contribution in [-0.2, 0) is 6.61 Å². The number of halogens is 3. The van der Waals surface area contributed by atoms with Gasteiger partial charge in [-0.15, -0.1) is 0 Å². The van der Waals surface area contributed by atoms with Crippen molar-refractivity contribution in [3.8, 4) is 5.75 Å². The molecule has 6 heteroatoms. The third kappa shape index (κ3) is 3.48. The molecule has 104 valence electrons. The molecule has 0 atom stereocenters. The highest BCUT2D eigenvalue weighted by Crippen LogP contribution is 2.28. The second-order valence-corrected chi connectivity index (χ2v) is 5.77. The monoisotopic (exact) mass is 373 g/mol. The molecule has 0 radical (unpaired) electrons. The second kappa shape index (κ2) is 6.52. The number of hydrogen-bond donors (Lipinski definition) is 1. The van der Waals surface area contributed by atoms with E-state index < -0.39 is 5.82 Å². The Kier molecular flexibility index (Phi) is 4.96. The van der Waals surface area contributed by atoms with Gasteiger partial charge in [-0.1, -0.05) is 51.9 Å². The summed E-state index contributed by atoms with van der Waals surface area (Å²) in [4.78, 5) is 0.0195. The fourth-order valence-electron chi connectivity index (χ4n) is 1.63. The van der Waals surface area contributed by atoms with Gasteiger partial charge in [0.1, 0.15) is 23.2 Å². The van der Waals surface area contributed by atoms with Crippen LogP contribution in [0.4, 0.5) is 4.39 Å². The van der Waals surface area contributed by atoms with Gasteiger partial charge in [0.2, 0.25) is 0 Å². The highest BCUT2D eigenvalue weighted by Gasteiger charge is 2.11. The van der Waals surface area contributed by atoms with E-state index in [1.54, 1.807) is 30.3 Å². The Balaban J connectivity index is 2.19. The summed E-state index contributed by atoms with van der Waals surface area (Å²) in [7, 11) is 0. The van der Waals surface area contributed by atoms with E-state index in [1.807, 2.05) is 0 Å². The molecule has 0 saturated carbocycles. The van der Waals surface area contributed by atoms with Crippen LogP contribution in [0.2, 0.25) is 5.02 Å². The summed E-state index contributed by atoms with van der Waals surface area (Å²) in [5, 5.41) is 0.449. The molecule has 0 spiro atoms. The van der Waals surface area contributed by atoms with Crippen LogP contribution in [0, 0.1) is 5.82 Å². The standard InChI is InChI=1S/C14H10BrClFNOS/c15-9-4-5-12(11(16)6-9)19-7-8-2-1-3-10(13(8)17)14(18)20/h1-6H,7H2,(H2,18,20). The number of thiocarbonyl (C=S) groups is 1. The molecule has 2 aromatic carbocycles. The molecule has 2 N–H and O–H groups in total. The summed E-state index contributed by atoms with van der Waals surface area (Å²) in [6.07, 6.45) is 0. The maximum atomic E-state index is 14.1. The molecule has 2 nitrogen and oxygen atoms in total. The van der Waals surface area contributed by atoms with E-state index in [4.69, 9.17) is 34.3 Å². The third-order valence-corrected chi connectivity index (χ3v) is 3.63. The van der Waals surface area contributed by atoms with Crippen LogP contribution >= 0.6 is 39.7 Å². The molecule has 20 heavy (non-hydrogen) atoms. The molecule has 0 aliphatic rings. The van der Waals surface area contributed by atoms with Crippen molar-refractivity contribution in [3.05, 3.63) is 62.8 Å². The van der Waals surface area contributed by atoms with E-state index in [2.05, 4.69) is 15.9 Å². The van der Waals surface area contributed by atoms with Crippen molar-refractivity contribution in [2.45, 2.75) is 6.61 Å². The predicted octanol–water partition coefficient (Wildman–Crippen LogP) is 4.45. The first-order valence-electron chi connectivity index (χ1n) is 5.64. The average Bonchev–Trinajstić information content (AvgIpc) is 2.39. The van der Waals surface area contributed by atoms with Crippen LogP contribution < -0.4 is 10.5 Å². The van der Waals surface area contributed by atoms with Gasteiger partial charge < -0.3 is 10.5 Å². The number of hydrogen-bond acceptors (Lipinski definition) is 2. The van der Waals surface area contributed by atoms with Gasteiger partial charge in [-0.25, -0.2) is 4.39 Å². The Hall–Kier alpha value is -1.17. The van der Waals surface area contributed by atoms with Crippen molar-refractivity contribution >= 4 is 44.7 Å². The van der Waals surface area contributed by atoms with Crippen molar-refractivity contribution in [2.75, 3.05) is 0 Å². The summed E-state index contributed by atoms with van der Waals surface area (Å²) in [6, 6.07) is 10.0. The molecule has 2 rings (SSSR count). The van der Waals surface area contributed by atoms with Crippen molar-refractivity contribution in [3.63, 3.8) is 0 Å². The van der Waals surface area contributed by atoms with Crippen LogP contribution in [0.3, 0.4) is 0 Å². The van der Waals surface area contributed by atoms with Crippen molar-refractivity contribution in [1.82, 2.24) is 0 Å². The first-order valence-corrected chi connectivity index (χ1v) is 7.22. The Labute approximate surface area is 134 Å². The molecule has 0 fully saturated rings. The van der Waals surface area contributed by atoms with Gasteiger partial charge in [0.25, 0.3) is 0 Å². The van der Waals surface area contributed by atoms with Gasteiger partial charge in [-0.05, 0) is 24.3 Å². The van der Waals surface area contributed by atoms with Gasteiger partial charge in [-0.2, -0.15) is 0 Å². The Bertz CT molecular complexity index is 666. The van der Waals surface area contributed by atoms with Gasteiger partial charge in [0.15, 0.2) is 0 Å². The Morgan fingerprint density at radius 3 is 2.75 bits per heavy atom. The van der Waals surface area contributed by atoms with Crippen molar-refractivity contribution in [1.29, 1.82) is 0 Å². The Morgan fingerprint density at radius 1 is 1.35 bits per heavy atom. The van der Waals surface area contributed by atoms with Crippen LogP contribution in [0.5, 0.6) is 5.75 Å². The lowest BCUT2D eigenvalue weighted by atomic mass is 10.1. The molecular weight excluding hydrogens is 365 g/mol. The maximum absolute atomic E-state index is 14.1. The summed E-state index contributed by atoms with van der Waals surface area (Å²) in [5.74, 6) is 0.0169. The van der Waals surface area contributed by atoms with Gasteiger partial charge in [0, 0.05) is 15.6 Å². The molecule has 0 heterocycles. The number of nitrogens with two attached hydrogens (primary N) is 1. The van der Waals surface area contributed by atoms with E-state index in [9.17, 15) is 4.39 Å². The van der Waals surface area contributed by atoms with Crippen LogP contribution in [0.15, 0.2) is 40.9 Å². The number of benzene rings is 2. The molecule has 0 aliphatic carbocycles. The smallest absolute Gasteiger partial charge is 0.139 e. The minimum absolute atomic E-state index is 0.0195. The van der Waals surface area contributed by atoms with Crippen molar-refractivity contribution < 1.29 is 9.13 Å². The fourth-order valence-corrected chi connectivity index (χ4v) is 2.51. The van der Waals surface area contributed by atoms with Gasteiger partial charge in [-0.3, -0.25) is 0 Å². The molecule has 0 aliphatic heterocycles. The number of ether oxygens (including phenoxy) is 1. The molecule has 0 amide bonds. The largest absolute Gasteiger partial charge is 0.487 e. The molecular formula is C14H10BrClFNOS. The third-order valence-electron chi connectivity index (χ3n) is 2.62. The summed E-state index contributed by atoms with van der Waals surface area (Å²) in [5.41, 5.74) is 6.04. The molecule has 0 unspecified atom stereocenters. The maximum Gasteiger partial charge on any atom is 0.139 e. The van der Waals surface area contributed by atoms with Crippen LogP contribution in [0.25, 0.3) is 0 Å². The topological polar surface area (TPSA) is 35.2 Å². The first-order chi connectivity index (χ1) is 9.49. The highest BCUT2D eigenvalue weighted by atomic mass is 79.9. The predicted molar refractivity (Wildman–Crippen MR) is 85.8 cm³/mol. The summed E-state index contributed by atoms with van der Waals surface area (Å²) < 4.78 is 20.5. The lowest BCUT2D eigenvalue weighted by molar-refractivity contribution is 0.300. The second-order valence-electron chi connectivity index (χ2n) is 4.01. The van der Waals surface area contributed by atoms with E-state index in [0.717, 1.165) is 4.47 Å². The molecule has 2 aromatic rings. The molecule has 0 aromatic heterocycles. The Morgan fingerprint density at radius 2 is 2.10 bits per heavy atom. The van der Waals surface area contributed by atoms with E-state index in [-0.39, 0.29) is 17.2 Å². The minimum atomic E-state index is -0.465. The SMILES string of the molecule is NC(=S)c1cccc(COc2ccc(Br)cc2Cl)c1F. The molecule has 0 bridgehead atoms. The van der Waals surface area contributed by atoms with E-state index in [1.165, 1.54) is 6.07 Å². The summed E-state index contributed by atoms with van der Waals surface area (Å²) in [6.45, 7) is 0.0453. The van der Waals surface area contributed by atoms with Gasteiger partial charge in [0.05, 0.1) is 5.02 Å². The van der Waals surface area contributed by atoms with E-state index in [0.29, 0.717) is 16.3 Å². The van der Waals surface area contributed by atoms with Crippen LogP contribution in [-0.4, -0.2) is 4.99 Å². The number of rotatable bonds is 4. The summed E-state index contributed by atoms with van der Waals surface area (Å²) >= 11 is 14.1. The normalized spacial score (nSPS) is 10.3. The minimum Gasteiger partial charge on any atom is -0.487 e. The zero-order valence-corrected chi connectivity index (χ0v) is 13.4. The zero-order chi connectivity index (χ0) is 14.7. The molecule has 0 saturated heterocycles. The fraction of sp³-hybridized carbons (Fsp3) is 0.0714. The zero-order valence-electron chi connectivity index (χ0n) is 10.2. The average molecular weight is 375 g/mol. The highest BCUT2D eigenvalue weighted by molar-refractivity contribution is 9.10.